The number of carbonyl (C=O) groups is 1. The lowest BCUT2D eigenvalue weighted by Crippen LogP contribution is -2.26. The Morgan fingerprint density at radius 3 is 2.64 bits per heavy atom. The minimum absolute atomic E-state index is 0.150. The Labute approximate surface area is 135 Å². The molecule has 2 rings (SSSR count). The molecule has 0 atom stereocenters. The van der Waals surface area contributed by atoms with Crippen LogP contribution in [-0.2, 0) is 4.79 Å². The number of para-hydroxylation sites is 1. The second-order valence-corrected chi connectivity index (χ2v) is 5.22. The van der Waals surface area contributed by atoms with Gasteiger partial charge in [0, 0.05) is 6.08 Å². The van der Waals surface area contributed by atoms with Crippen LogP contribution in [-0.4, -0.2) is 19.1 Å². The van der Waals surface area contributed by atoms with Crippen LogP contribution in [0.4, 0.5) is 0 Å². The highest BCUT2D eigenvalue weighted by atomic mass is 35.5. The van der Waals surface area contributed by atoms with E-state index in [0.29, 0.717) is 23.9 Å². The molecule has 0 aliphatic carbocycles. The predicted molar refractivity (Wildman–Crippen MR) is 90.2 cm³/mol. The molecule has 2 aromatic carbocycles. The second kappa shape index (κ2) is 8.25. The third-order valence-corrected chi connectivity index (χ3v) is 3.31. The van der Waals surface area contributed by atoms with E-state index in [0.717, 1.165) is 5.56 Å². The number of halogens is 1. The van der Waals surface area contributed by atoms with Crippen LogP contribution in [0.25, 0.3) is 6.08 Å². The topological polar surface area (TPSA) is 38.3 Å². The number of benzene rings is 2. The van der Waals surface area contributed by atoms with Crippen LogP contribution in [0.2, 0.25) is 5.02 Å². The van der Waals surface area contributed by atoms with Gasteiger partial charge in [0.2, 0.25) is 5.91 Å². The molecule has 0 spiro atoms. The molecule has 0 saturated carbocycles. The van der Waals surface area contributed by atoms with Gasteiger partial charge >= 0.3 is 0 Å². The van der Waals surface area contributed by atoms with Crippen molar-refractivity contribution in [2.45, 2.75) is 6.92 Å². The molecule has 0 unspecified atom stereocenters. The van der Waals surface area contributed by atoms with Crippen LogP contribution in [0.5, 0.6) is 5.75 Å². The van der Waals surface area contributed by atoms with Crippen molar-refractivity contribution < 1.29 is 9.53 Å². The molecule has 4 heteroatoms. The van der Waals surface area contributed by atoms with Crippen molar-refractivity contribution in [1.29, 1.82) is 0 Å². The Balaban J connectivity index is 1.72. The monoisotopic (exact) mass is 315 g/mol. The maximum absolute atomic E-state index is 11.7. The third kappa shape index (κ3) is 5.26. The number of aryl methyl sites for hydroxylation is 1. The smallest absolute Gasteiger partial charge is 0.244 e. The molecule has 2 aromatic rings. The first kappa shape index (κ1) is 16.1. The van der Waals surface area contributed by atoms with Crippen molar-refractivity contribution in [2.24, 2.45) is 0 Å². The van der Waals surface area contributed by atoms with Gasteiger partial charge in [0.1, 0.15) is 12.4 Å². The molecule has 114 valence electrons. The van der Waals surface area contributed by atoms with Crippen molar-refractivity contribution in [3.63, 3.8) is 0 Å². The molecular formula is C18H18ClNO2. The molecule has 0 saturated heterocycles. The fourth-order valence-corrected chi connectivity index (χ4v) is 2.00. The van der Waals surface area contributed by atoms with Gasteiger partial charge in [-0.05, 0) is 30.7 Å². The average Bonchev–Trinajstić information content (AvgIpc) is 2.52. The lowest BCUT2D eigenvalue weighted by atomic mass is 10.1. The number of carbonyl (C=O) groups excluding carboxylic acids is 1. The van der Waals surface area contributed by atoms with Crippen LogP contribution in [0.1, 0.15) is 11.1 Å². The van der Waals surface area contributed by atoms with E-state index in [2.05, 4.69) is 5.32 Å². The van der Waals surface area contributed by atoms with E-state index >= 15 is 0 Å². The van der Waals surface area contributed by atoms with Crippen LogP contribution in [0.3, 0.4) is 0 Å². The van der Waals surface area contributed by atoms with Crippen molar-refractivity contribution in [3.05, 3.63) is 70.8 Å². The van der Waals surface area contributed by atoms with Crippen LogP contribution in [0.15, 0.2) is 54.6 Å². The standard InChI is InChI=1S/C18H18ClNO2/c1-14-6-8-15(9-7-14)10-11-18(21)20-12-13-22-17-5-3-2-4-16(17)19/h2-11H,12-13H2,1H3,(H,20,21)/b11-10+. The van der Waals surface area contributed by atoms with Gasteiger partial charge in [0.15, 0.2) is 0 Å². The second-order valence-electron chi connectivity index (χ2n) is 4.81. The summed E-state index contributed by atoms with van der Waals surface area (Å²) in [4.78, 5) is 11.7. The molecule has 0 heterocycles. The Bertz CT molecular complexity index is 650. The molecule has 1 N–H and O–H groups in total. The maximum atomic E-state index is 11.7. The normalized spacial score (nSPS) is 10.6. The Hall–Kier alpha value is -2.26. The van der Waals surface area contributed by atoms with E-state index in [1.807, 2.05) is 43.3 Å². The average molecular weight is 316 g/mol. The first-order valence-electron chi connectivity index (χ1n) is 7.05. The Morgan fingerprint density at radius 1 is 1.18 bits per heavy atom. The molecular weight excluding hydrogens is 298 g/mol. The van der Waals surface area contributed by atoms with Crippen LogP contribution in [0, 0.1) is 6.92 Å². The highest BCUT2D eigenvalue weighted by Crippen LogP contribution is 2.22. The van der Waals surface area contributed by atoms with E-state index in [-0.39, 0.29) is 5.91 Å². The summed E-state index contributed by atoms with van der Waals surface area (Å²) in [5.74, 6) is 0.469. The summed E-state index contributed by atoms with van der Waals surface area (Å²) in [5.41, 5.74) is 2.19. The Morgan fingerprint density at radius 2 is 1.91 bits per heavy atom. The summed E-state index contributed by atoms with van der Waals surface area (Å²) in [5, 5.41) is 3.32. The molecule has 0 aliphatic heterocycles. The molecule has 1 amide bonds. The highest BCUT2D eigenvalue weighted by Gasteiger charge is 2.00. The number of hydrogen-bond donors (Lipinski definition) is 1. The van der Waals surface area contributed by atoms with Crippen molar-refractivity contribution in [1.82, 2.24) is 5.32 Å². The number of rotatable bonds is 6. The van der Waals surface area contributed by atoms with Gasteiger partial charge in [-0.3, -0.25) is 4.79 Å². The summed E-state index contributed by atoms with van der Waals surface area (Å²) < 4.78 is 5.49. The first-order valence-corrected chi connectivity index (χ1v) is 7.43. The number of amides is 1. The van der Waals surface area contributed by atoms with Gasteiger partial charge in [0.05, 0.1) is 11.6 Å². The van der Waals surface area contributed by atoms with Gasteiger partial charge in [-0.2, -0.15) is 0 Å². The summed E-state index contributed by atoms with van der Waals surface area (Å²) >= 11 is 5.97. The van der Waals surface area contributed by atoms with Gasteiger partial charge in [-0.1, -0.05) is 53.6 Å². The molecule has 0 fully saturated rings. The summed E-state index contributed by atoms with van der Waals surface area (Å²) in [6.07, 6.45) is 3.30. The highest BCUT2D eigenvalue weighted by molar-refractivity contribution is 6.32. The van der Waals surface area contributed by atoms with Gasteiger partial charge in [-0.25, -0.2) is 0 Å². The van der Waals surface area contributed by atoms with E-state index in [1.54, 1.807) is 18.2 Å². The SMILES string of the molecule is Cc1ccc(/C=C/C(=O)NCCOc2ccccc2Cl)cc1. The minimum atomic E-state index is -0.150. The molecule has 22 heavy (non-hydrogen) atoms. The lowest BCUT2D eigenvalue weighted by molar-refractivity contribution is -0.116. The zero-order chi connectivity index (χ0) is 15.8. The summed E-state index contributed by atoms with van der Waals surface area (Å²) in [6.45, 7) is 2.81. The number of ether oxygens (including phenoxy) is 1. The van der Waals surface area contributed by atoms with Crippen molar-refractivity contribution >= 4 is 23.6 Å². The predicted octanol–water partition coefficient (Wildman–Crippen LogP) is 3.86. The molecule has 3 nitrogen and oxygen atoms in total. The van der Waals surface area contributed by atoms with Crippen LogP contribution < -0.4 is 10.1 Å². The van der Waals surface area contributed by atoms with E-state index in [1.165, 1.54) is 11.6 Å². The largest absolute Gasteiger partial charge is 0.490 e. The van der Waals surface area contributed by atoms with E-state index < -0.39 is 0 Å². The summed E-state index contributed by atoms with van der Waals surface area (Å²) in [6, 6.07) is 15.2. The first-order chi connectivity index (χ1) is 10.6. The van der Waals surface area contributed by atoms with Gasteiger partial charge < -0.3 is 10.1 Å². The number of hydrogen-bond acceptors (Lipinski definition) is 2. The zero-order valence-electron chi connectivity index (χ0n) is 12.4. The Kier molecular flexibility index (Phi) is 6.04. The molecule has 0 aliphatic rings. The van der Waals surface area contributed by atoms with Gasteiger partial charge in [-0.15, -0.1) is 0 Å². The molecule has 0 aromatic heterocycles. The summed E-state index contributed by atoms with van der Waals surface area (Å²) in [7, 11) is 0. The van der Waals surface area contributed by atoms with E-state index in [9.17, 15) is 4.79 Å². The molecule has 0 radical (unpaired) electrons. The lowest BCUT2D eigenvalue weighted by Gasteiger charge is -2.07. The fourth-order valence-electron chi connectivity index (χ4n) is 1.81. The third-order valence-electron chi connectivity index (χ3n) is 3.00. The minimum Gasteiger partial charge on any atom is -0.490 e. The van der Waals surface area contributed by atoms with Crippen LogP contribution >= 0.6 is 11.6 Å². The van der Waals surface area contributed by atoms with Crippen molar-refractivity contribution in [2.75, 3.05) is 13.2 Å². The van der Waals surface area contributed by atoms with Gasteiger partial charge in [0.25, 0.3) is 0 Å². The number of nitrogens with one attached hydrogen (secondary N) is 1. The van der Waals surface area contributed by atoms with E-state index in [4.69, 9.17) is 16.3 Å². The fraction of sp³-hybridized carbons (Fsp3) is 0.167. The maximum Gasteiger partial charge on any atom is 0.244 e. The zero-order valence-corrected chi connectivity index (χ0v) is 13.1. The van der Waals surface area contributed by atoms with Crippen molar-refractivity contribution in [3.8, 4) is 5.75 Å². The molecule has 0 bridgehead atoms. The quantitative estimate of drug-likeness (QED) is 0.649.